The van der Waals surface area contributed by atoms with E-state index in [2.05, 4.69) is 5.32 Å². The summed E-state index contributed by atoms with van der Waals surface area (Å²) in [5.41, 5.74) is 1.05. The fourth-order valence-corrected chi connectivity index (χ4v) is 4.07. The highest BCUT2D eigenvalue weighted by Crippen LogP contribution is 2.31. The Morgan fingerprint density at radius 3 is 2.67 bits per heavy atom. The summed E-state index contributed by atoms with van der Waals surface area (Å²) < 4.78 is 0. The maximum Gasteiger partial charge on any atom is 0.227 e. The zero-order chi connectivity index (χ0) is 16.8. The van der Waals surface area contributed by atoms with E-state index in [4.69, 9.17) is 0 Å². The van der Waals surface area contributed by atoms with Gasteiger partial charge in [0.1, 0.15) is 0 Å². The van der Waals surface area contributed by atoms with Crippen molar-refractivity contribution in [2.45, 2.75) is 57.4 Å². The van der Waals surface area contributed by atoms with E-state index in [1.807, 2.05) is 35.2 Å². The highest BCUT2D eigenvalue weighted by atomic mass is 16.2. The minimum absolute atomic E-state index is 0.0252. The molecule has 2 fully saturated rings. The van der Waals surface area contributed by atoms with Gasteiger partial charge in [0.2, 0.25) is 11.8 Å². The van der Waals surface area contributed by atoms with E-state index < -0.39 is 0 Å². The number of amides is 2. The molecule has 1 aliphatic carbocycles. The average Bonchev–Trinajstić information content (AvgIpc) is 3.06. The second-order valence-corrected chi connectivity index (χ2v) is 7.06. The van der Waals surface area contributed by atoms with E-state index in [9.17, 15) is 9.59 Å². The number of carbonyl (C=O) groups is 2. The van der Waals surface area contributed by atoms with Gasteiger partial charge in [-0.3, -0.25) is 9.59 Å². The van der Waals surface area contributed by atoms with Gasteiger partial charge in [-0.05, 0) is 31.2 Å². The predicted octanol–water partition coefficient (Wildman–Crippen LogP) is 2.92. The zero-order valence-electron chi connectivity index (χ0n) is 14.4. The Hall–Kier alpha value is -1.84. The van der Waals surface area contributed by atoms with Gasteiger partial charge in [-0.25, -0.2) is 0 Å². The highest BCUT2D eigenvalue weighted by Gasteiger charge is 2.38. The minimum atomic E-state index is -0.0252. The van der Waals surface area contributed by atoms with Crippen LogP contribution in [0.5, 0.6) is 0 Å². The molecule has 2 atom stereocenters. The van der Waals surface area contributed by atoms with E-state index in [1.165, 1.54) is 0 Å². The van der Waals surface area contributed by atoms with Crippen molar-refractivity contribution in [3.8, 4) is 0 Å². The van der Waals surface area contributed by atoms with Gasteiger partial charge in [-0.1, -0.05) is 49.6 Å². The van der Waals surface area contributed by atoms with Gasteiger partial charge in [0.15, 0.2) is 0 Å². The van der Waals surface area contributed by atoms with Crippen LogP contribution in [0.3, 0.4) is 0 Å². The molecule has 24 heavy (non-hydrogen) atoms. The summed E-state index contributed by atoms with van der Waals surface area (Å²) in [6.45, 7) is 1.57. The van der Waals surface area contributed by atoms with Crippen molar-refractivity contribution in [1.29, 1.82) is 0 Å². The molecule has 1 aliphatic heterocycles. The smallest absolute Gasteiger partial charge is 0.227 e. The molecule has 2 aliphatic rings. The topological polar surface area (TPSA) is 49.4 Å². The standard InChI is InChI=1S/C20H28N2O2/c23-19(15-16-9-4-3-5-10-16)22-14-7-2-1-6-13-21-20(24)17-11-8-12-18(17)22/h3-5,9-10,17-18H,1-2,6-8,11-15H2,(H,21,24)/t17-,18+/m0/s1. The van der Waals surface area contributed by atoms with E-state index in [0.29, 0.717) is 6.42 Å². The first kappa shape index (κ1) is 17.0. The maximum absolute atomic E-state index is 13.0. The molecule has 0 spiro atoms. The lowest BCUT2D eigenvalue weighted by Crippen LogP contribution is -2.47. The van der Waals surface area contributed by atoms with Crippen LogP contribution in [0.1, 0.15) is 50.5 Å². The second kappa shape index (κ2) is 8.32. The predicted molar refractivity (Wildman–Crippen MR) is 94.5 cm³/mol. The number of rotatable bonds is 2. The molecular weight excluding hydrogens is 300 g/mol. The molecule has 4 heteroatoms. The molecular formula is C20H28N2O2. The van der Waals surface area contributed by atoms with Crippen LogP contribution in [0.25, 0.3) is 0 Å². The number of benzene rings is 1. The molecule has 1 aromatic carbocycles. The maximum atomic E-state index is 13.0. The Balaban J connectivity index is 1.75. The summed E-state index contributed by atoms with van der Waals surface area (Å²) in [4.78, 5) is 27.5. The van der Waals surface area contributed by atoms with Crippen molar-refractivity contribution in [3.63, 3.8) is 0 Å². The SMILES string of the molecule is O=C1NCCCCCCN(C(=O)Cc2ccccc2)[C@@H]2CCC[C@H]12. The molecule has 130 valence electrons. The number of fused-ring (bicyclic) bond motifs is 1. The fraction of sp³-hybridized carbons (Fsp3) is 0.600. The quantitative estimate of drug-likeness (QED) is 0.907. The molecule has 4 nitrogen and oxygen atoms in total. The number of hydrogen-bond donors (Lipinski definition) is 1. The van der Waals surface area contributed by atoms with Crippen LogP contribution in [0.4, 0.5) is 0 Å². The lowest BCUT2D eigenvalue weighted by Gasteiger charge is -2.32. The zero-order valence-corrected chi connectivity index (χ0v) is 14.4. The van der Waals surface area contributed by atoms with Gasteiger partial charge in [0.05, 0.1) is 12.3 Å². The first-order valence-electron chi connectivity index (χ1n) is 9.37. The van der Waals surface area contributed by atoms with Crippen molar-refractivity contribution >= 4 is 11.8 Å². The molecule has 0 unspecified atom stereocenters. The van der Waals surface area contributed by atoms with E-state index in [0.717, 1.165) is 63.6 Å². The Morgan fingerprint density at radius 2 is 1.83 bits per heavy atom. The third-order valence-corrected chi connectivity index (χ3v) is 5.36. The molecule has 1 N–H and O–H groups in total. The van der Waals surface area contributed by atoms with E-state index in [-0.39, 0.29) is 23.8 Å². The van der Waals surface area contributed by atoms with Crippen molar-refractivity contribution in [1.82, 2.24) is 10.2 Å². The Bertz CT molecular complexity index is 558. The third kappa shape index (κ3) is 4.16. The van der Waals surface area contributed by atoms with Crippen molar-refractivity contribution in [3.05, 3.63) is 35.9 Å². The number of carbonyl (C=O) groups excluding carboxylic acids is 2. The van der Waals surface area contributed by atoms with E-state index >= 15 is 0 Å². The monoisotopic (exact) mass is 328 g/mol. The molecule has 3 rings (SSSR count). The van der Waals surface area contributed by atoms with Crippen LogP contribution < -0.4 is 5.32 Å². The van der Waals surface area contributed by atoms with Crippen molar-refractivity contribution in [2.24, 2.45) is 5.92 Å². The summed E-state index contributed by atoms with van der Waals surface area (Å²) >= 11 is 0. The second-order valence-electron chi connectivity index (χ2n) is 7.06. The van der Waals surface area contributed by atoms with Crippen molar-refractivity contribution < 1.29 is 9.59 Å². The molecule has 0 bridgehead atoms. The summed E-state index contributed by atoms with van der Waals surface area (Å²) in [5.74, 6) is 0.296. The van der Waals surface area contributed by atoms with Gasteiger partial charge in [-0.15, -0.1) is 0 Å². The van der Waals surface area contributed by atoms with Gasteiger partial charge in [0, 0.05) is 19.1 Å². The molecule has 2 amide bonds. The first-order valence-corrected chi connectivity index (χ1v) is 9.37. The molecule has 1 aromatic rings. The average molecular weight is 328 g/mol. The highest BCUT2D eigenvalue weighted by molar-refractivity contribution is 5.83. The molecule has 0 aromatic heterocycles. The summed E-state index contributed by atoms with van der Waals surface area (Å²) in [6.07, 6.45) is 7.67. The van der Waals surface area contributed by atoms with Gasteiger partial charge < -0.3 is 10.2 Å². The lowest BCUT2D eigenvalue weighted by molar-refractivity contribution is -0.136. The minimum Gasteiger partial charge on any atom is -0.356 e. The molecule has 1 saturated heterocycles. The van der Waals surface area contributed by atoms with Crippen LogP contribution in [0.2, 0.25) is 0 Å². The fourth-order valence-electron chi connectivity index (χ4n) is 4.07. The Labute approximate surface area is 144 Å². The summed E-state index contributed by atoms with van der Waals surface area (Å²) in [5, 5.41) is 3.08. The Kier molecular flexibility index (Phi) is 5.89. The summed E-state index contributed by atoms with van der Waals surface area (Å²) in [7, 11) is 0. The van der Waals surface area contributed by atoms with Crippen LogP contribution in [0, 0.1) is 5.92 Å². The van der Waals surface area contributed by atoms with Crippen LogP contribution in [0.15, 0.2) is 30.3 Å². The number of hydrogen-bond acceptors (Lipinski definition) is 2. The normalized spacial score (nSPS) is 25.5. The largest absolute Gasteiger partial charge is 0.356 e. The number of nitrogens with one attached hydrogen (secondary N) is 1. The van der Waals surface area contributed by atoms with Gasteiger partial charge in [-0.2, -0.15) is 0 Å². The van der Waals surface area contributed by atoms with Crippen molar-refractivity contribution in [2.75, 3.05) is 13.1 Å². The number of nitrogens with zero attached hydrogens (tertiary/aromatic N) is 1. The molecule has 0 radical (unpaired) electrons. The van der Waals surface area contributed by atoms with Crippen LogP contribution in [-0.4, -0.2) is 35.8 Å². The van der Waals surface area contributed by atoms with Crippen LogP contribution in [-0.2, 0) is 16.0 Å². The lowest BCUT2D eigenvalue weighted by atomic mass is 9.99. The molecule has 1 heterocycles. The third-order valence-electron chi connectivity index (χ3n) is 5.36. The van der Waals surface area contributed by atoms with Gasteiger partial charge in [0.25, 0.3) is 0 Å². The van der Waals surface area contributed by atoms with Gasteiger partial charge >= 0.3 is 0 Å². The molecule has 1 saturated carbocycles. The van der Waals surface area contributed by atoms with Crippen LogP contribution >= 0.6 is 0 Å². The first-order chi connectivity index (χ1) is 11.8. The summed E-state index contributed by atoms with van der Waals surface area (Å²) in [6, 6.07) is 10.0. The Morgan fingerprint density at radius 1 is 1.04 bits per heavy atom. The van der Waals surface area contributed by atoms with E-state index in [1.54, 1.807) is 0 Å².